The molecule has 0 fully saturated rings. The molecule has 0 saturated heterocycles. The molecular weight excluding hydrogens is 856 g/mol. The summed E-state index contributed by atoms with van der Waals surface area (Å²) in [5, 5.41) is 9.76. The van der Waals surface area contributed by atoms with Crippen LogP contribution < -0.4 is 0 Å². The van der Waals surface area contributed by atoms with Gasteiger partial charge in [-0.15, -0.1) is 0 Å². The molecule has 0 aliphatic rings. The summed E-state index contributed by atoms with van der Waals surface area (Å²) in [6.45, 7) is 4.29. The number of phosphoric ester groups is 1. The van der Waals surface area contributed by atoms with Gasteiger partial charge in [0.1, 0.15) is 12.7 Å². The number of rotatable bonds is 46. The molecule has 11 nitrogen and oxygen atoms in total. The lowest BCUT2D eigenvalue weighted by Crippen LogP contribution is -2.30. The van der Waals surface area contributed by atoms with E-state index in [1.807, 2.05) is 0 Å². The molecule has 0 amide bonds. The SMILES string of the molecule is CC/C=C\C/C=C\C/C=C\CCCCCC(=O)OC(CO)COP(=O)(O)OCC(COC(=O)CCCCCCC/C=C\CCCCCC)OC(=O)CCCCC/C=C\C/C=C\C/C=C\CC. The van der Waals surface area contributed by atoms with E-state index in [0.29, 0.717) is 19.3 Å². The largest absolute Gasteiger partial charge is 0.472 e. The number of aliphatic hydroxyl groups excluding tert-OH is 1. The topological polar surface area (TPSA) is 155 Å². The third kappa shape index (κ3) is 45.8. The average molecular weight is 947 g/mol. The zero-order valence-corrected chi connectivity index (χ0v) is 42.3. The lowest BCUT2D eigenvalue weighted by atomic mass is 10.1. The lowest BCUT2D eigenvalue weighted by molar-refractivity contribution is -0.161. The minimum absolute atomic E-state index is 0.125. The van der Waals surface area contributed by atoms with Crippen LogP contribution in [0.4, 0.5) is 0 Å². The summed E-state index contributed by atoms with van der Waals surface area (Å²) < 4.78 is 39.2. The molecular formula is C54H91O11P. The van der Waals surface area contributed by atoms with Gasteiger partial charge in [0, 0.05) is 19.3 Å². The number of carbonyl (C=O) groups is 3. The maximum absolute atomic E-state index is 12.8. The van der Waals surface area contributed by atoms with E-state index in [2.05, 4.69) is 106 Å². The number of phosphoric acid groups is 1. The molecule has 12 heteroatoms. The van der Waals surface area contributed by atoms with Crippen LogP contribution in [0.1, 0.15) is 201 Å². The monoisotopic (exact) mass is 947 g/mol. The van der Waals surface area contributed by atoms with Gasteiger partial charge in [0.05, 0.1) is 19.8 Å². The normalized spacial score (nSPS) is 14.2. The molecule has 0 bridgehead atoms. The second-order valence-corrected chi connectivity index (χ2v) is 18.0. The van der Waals surface area contributed by atoms with E-state index in [-0.39, 0.29) is 25.9 Å². The molecule has 66 heavy (non-hydrogen) atoms. The molecule has 3 unspecified atom stereocenters. The fraction of sp³-hybridized carbons (Fsp3) is 0.685. The van der Waals surface area contributed by atoms with Crippen LogP contribution in [0.5, 0.6) is 0 Å². The highest BCUT2D eigenvalue weighted by atomic mass is 31.2. The van der Waals surface area contributed by atoms with Crippen LogP contribution in [0.25, 0.3) is 0 Å². The molecule has 378 valence electrons. The lowest BCUT2D eigenvalue weighted by Gasteiger charge is -2.21. The Kier molecular flexibility index (Phi) is 45.7. The third-order valence-corrected chi connectivity index (χ3v) is 11.2. The van der Waals surface area contributed by atoms with Gasteiger partial charge in [-0.05, 0) is 109 Å². The molecule has 0 saturated carbocycles. The van der Waals surface area contributed by atoms with Crippen LogP contribution in [-0.2, 0) is 42.2 Å². The van der Waals surface area contributed by atoms with E-state index in [4.69, 9.17) is 23.3 Å². The summed E-state index contributed by atoms with van der Waals surface area (Å²) in [5.74, 6) is -1.55. The Balaban J connectivity index is 4.82. The summed E-state index contributed by atoms with van der Waals surface area (Å²) >= 11 is 0. The van der Waals surface area contributed by atoms with Crippen molar-refractivity contribution >= 4 is 25.7 Å². The highest BCUT2D eigenvalue weighted by molar-refractivity contribution is 7.47. The summed E-state index contributed by atoms with van der Waals surface area (Å²) in [4.78, 5) is 48.2. The minimum Gasteiger partial charge on any atom is -0.462 e. The van der Waals surface area contributed by atoms with Crippen LogP contribution >= 0.6 is 7.82 Å². The first kappa shape index (κ1) is 62.7. The fourth-order valence-electron chi connectivity index (χ4n) is 6.44. The van der Waals surface area contributed by atoms with Gasteiger partial charge in [-0.1, -0.05) is 157 Å². The maximum atomic E-state index is 12.8. The number of allylic oxidation sites excluding steroid dienone is 14. The second-order valence-electron chi connectivity index (χ2n) is 16.6. The van der Waals surface area contributed by atoms with Gasteiger partial charge < -0.3 is 24.2 Å². The van der Waals surface area contributed by atoms with Crippen LogP contribution in [0, 0.1) is 0 Å². The van der Waals surface area contributed by atoms with Crippen molar-refractivity contribution in [1.29, 1.82) is 0 Å². The van der Waals surface area contributed by atoms with Crippen LogP contribution in [0.3, 0.4) is 0 Å². The van der Waals surface area contributed by atoms with Gasteiger partial charge in [-0.2, -0.15) is 0 Å². The number of ether oxygens (including phenoxy) is 3. The number of hydrogen-bond acceptors (Lipinski definition) is 10. The van der Waals surface area contributed by atoms with Gasteiger partial charge in [0.15, 0.2) is 6.10 Å². The Morgan fingerprint density at radius 3 is 1.24 bits per heavy atom. The van der Waals surface area contributed by atoms with Crippen LogP contribution in [-0.4, -0.2) is 66.5 Å². The van der Waals surface area contributed by atoms with Crippen molar-refractivity contribution in [1.82, 2.24) is 0 Å². The van der Waals surface area contributed by atoms with E-state index in [1.54, 1.807) is 0 Å². The number of aliphatic hydroxyl groups is 1. The summed E-state index contributed by atoms with van der Waals surface area (Å²) in [6.07, 6.45) is 52.7. The molecule has 0 radical (unpaired) electrons. The van der Waals surface area contributed by atoms with Crippen molar-refractivity contribution in [2.75, 3.05) is 26.4 Å². The van der Waals surface area contributed by atoms with Gasteiger partial charge in [-0.25, -0.2) is 4.57 Å². The van der Waals surface area contributed by atoms with E-state index >= 15 is 0 Å². The molecule has 2 N–H and O–H groups in total. The highest BCUT2D eigenvalue weighted by Crippen LogP contribution is 2.43. The Bertz CT molecular complexity index is 1430. The summed E-state index contributed by atoms with van der Waals surface area (Å²) in [7, 11) is -4.76. The third-order valence-electron chi connectivity index (χ3n) is 10.3. The van der Waals surface area contributed by atoms with Crippen molar-refractivity contribution in [2.24, 2.45) is 0 Å². The first-order valence-corrected chi connectivity index (χ1v) is 27.0. The Morgan fingerprint density at radius 2 is 0.788 bits per heavy atom. The Hall–Kier alpha value is -3.34. The quantitative estimate of drug-likeness (QED) is 0.0197. The molecule has 0 aromatic carbocycles. The van der Waals surface area contributed by atoms with Crippen molar-refractivity contribution in [3.8, 4) is 0 Å². The fourth-order valence-corrected chi connectivity index (χ4v) is 7.22. The van der Waals surface area contributed by atoms with E-state index < -0.39 is 57.8 Å². The molecule has 0 aromatic heterocycles. The second kappa shape index (κ2) is 48.1. The van der Waals surface area contributed by atoms with Crippen molar-refractivity contribution in [3.63, 3.8) is 0 Å². The van der Waals surface area contributed by atoms with Gasteiger partial charge in [0.2, 0.25) is 0 Å². The standard InChI is InChI=1S/C54H91O11P/c1-4-7-10-13-16-19-22-25-28-31-34-37-40-43-52(56)61-47-51(65-54(58)45-42-39-36-33-30-27-24-21-18-15-12-9-6-3)49-63-66(59,60)62-48-50(46-55)64-53(57)44-41-38-35-32-29-26-23-20-17-14-11-8-5-2/h8-9,11-12,17-22,26-27,29-30,50-51,55H,4-7,10,13-16,23-25,28,31-49H2,1-3H3,(H,59,60)/b11-8-,12-9-,20-17-,21-18-,22-19-,29-26-,30-27-. The maximum Gasteiger partial charge on any atom is 0.472 e. The predicted molar refractivity (Wildman–Crippen MR) is 270 cm³/mol. The molecule has 0 aliphatic heterocycles. The first-order chi connectivity index (χ1) is 32.2. The molecule has 0 spiro atoms. The number of unbranched alkanes of at least 4 members (excludes halogenated alkanes) is 15. The van der Waals surface area contributed by atoms with Gasteiger partial charge >= 0.3 is 25.7 Å². The number of carbonyl (C=O) groups excluding carboxylic acids is 3. The number of hydrogen-bond donors (Lipinski definition) is 2. The minimum atomic E-state index is -4.76. The van der Waals surface area contributed by atoms with Gasteiger partial charge in [0.25, 0.3) is 0 Å². The average Bonchev–Trinajstić information content (AvgIpc) is 3.30. The van der Waals surface area contributed by atoms with E-state index in [0.717, 1.165) is 116 Å². The van der Waals surface area contributed by atoms with E-state index in [9.17, 15) is 28.9 Å². The Labute approximate surface area is 400 Å². The molecule has 0 aromatic rings. The molecule has 0 rings (SSSR count). The van der Waals surface area contributed by atoms with Crippen LogP contribution in [0.15, 0.2) is 85.1 Å². The predicted octanol–water partition coefficient (Wildman–Crippen LogP) is 14.4. The van der Waals surface area contributed by atoms with Gasteiger partial charge in [-0.3, -0.25) is 23.4 Å². The smallest absolute Gasteiger partial charge is 0.462 e. The van der Waals surface area contributed by atoms with Crippen molar-refractivity contribution in [3.05, 3.63) is 85.1 Å². The molecule has 3 atom stereocenters. The highest BCUT2D eigenvalue weighted by Gasteiger charge is 2.28. The zero-order valence-electron chi connectivity index (χ0n) is 41.4. The van der Waals surface area contributed by atoms with Crippen molar-refractivity contribution in [2.45, 2.75) is 213 Å². The summed E-state index contributed by atoms with van der Waals surface area (Å²) in [6, 6.07) is 0. The zero-order chi connectivity index (χ0) is 48.4. The Morgan fingerprint density at radius 1 is 0.439 bits per heavy atom. The van der Waals surface area contributed by atoms with Crippen molar-refractivity contribution < 1.29 is 52.2 Å². The molecule has 0 heterocycles. The number of esters is 3. The molecule has 0 aliphatic carbocycles. The first-order valence-electron chi connectivity index (χ1n) is 25.5. The van der Waals surface area contributed by atoms with Crippen LogP contribution in [0.2, 0.25) is 0 Å². The summed E-state index contributed by atoms with van der Waals surface area (Å²) in [5.41, 5.74) is 0. The van der Waals surface area contributed by atoms with E-state index in [1.165, 1.54) is 25.7 Å².